The molecule has 26 heavy (non-hydrogen) atoms. The van der Waals surface area contributed by atoms with Gasteiger partial charge in [-0.25, -0.2) is 4.79 Å². The van der Waals surface area contributed by atoms with Crippen LogP contribution in [-0.2, 0) is 4.74 Å². The number of methoxy groups -OCH3 is 1. The Kier molecular flexibility index (Phi) is 4.19. The Labute approximate surface area is 155 Å². The molecule has 0 bridgehead atoms. The van der Waals surface area contributed by atoms with Gasteiger partial charge in [-0.2, -0.15) is 0 Å². The highest BCUT2D eigenvalue weighted by Gasteiger charge is 2.16. The molecule has 0 spiro atoms. The van der Waals surface area contributed by atoms with Gasteiger partial charge in [0.05, 0.1) is 12.7 Å². The van der Waals surface area contributed by atoms with E-state index in [0.29, 0.717) is 10.6 Å². The fraction of sp³-hybridized carbons (Fsp3) is 0.0476. The van der Waals surface area contributed by atoms with Crippen LogP contribution < -0.4 is 0 Å². The number of aromatic amines is 1. The van der Waals surface area contributed by atoms with Crippen molar-refractivity contribution in [2.24, 2.45) is 0 Å². The lowest BCUT2D eigenvalue weighted by atomic mass is 9.99. The van der Waals surface area contributed by atoms with Gasteiger partial charge in [-0.3, -0.25) is 4.98 Å². The van der Waals surface area contributed by atoms with Crippen LogP contribution in [-0.4, -0.2) is 23.0 Å². The maximum atomic E-state index is 12.2. The van der Waals surface area contributed by atoms with E-state index in [4.69, 9.17) is 16.3 Å². The third-order valence-corrected chi connectivity index (χ3v) is 4.55. The molecule has 4 rings (SSSR count). The molecular weight excluding hydrogens is 348 g/mol. The molecule has 1 N–H and O–H groups in total. The summed E-state index contributed by atoms with van der Waals surface area (Å²) in [4.78, 5) is 19.8. The number of aromatic nitrogens is 2. The van der Waals surface area contributed by atoms with E-state index in [1.807, 2.05) is 48.7 Å². The van der Waals surface area contributed by atoms with Crippen LogP contribution in [0.4, 0.5) is 0 Å². The minimum Gasteiger partial charge on any atom is -0.465 e. The van der Waals surface area contributed by atoms with Crippen LogP contribution >= 0.6 is 11.6 Å². The van der Waals surface area contributed by atoms with Crippen LogP contribution in [0, 0.1) is 0 Å². The average molecular weight is 363 g/mol. The summed E-state index contributed by atoms with van der Waals surface area (Å²) in [5.74, 6) is -0.365. The standard InChI is InChI=1S/C21H15ClN2O2/c1-26-21(25)17-6-3-7-19-20(17)18(12-24-19)15-8-14(10-23-11-15)13-4-2-5-16(22)9-13/h2-12,24H,1H3. The fourth-order valence-corrected chi connectivity index (χ4v) is 3.30. The van der Waals surface area contributed by atoms with E-state index in [0.717, 1.165) is 33.2 Å². The molecule has 128 valence electrons. The predicted octanol–water partition coefficient (Wildman–Crippen LogP) is 5.34. The lowest BCUT2D eigenvalue weighted by Gasteiger charge is -2.07. The van der Waals surface area contributed by atoms with E-state index in [1.54, 1.807) is 18.5 Å². The number of halogens is 1. The highest BCUT2D eigenvalue weighted by molar-refractivity contribution is 6.30. The minimum atomic E-state index is -0.365. The Hall–Kier alpha value is -3.11. The first-order valence-electron chi connectivity index (χ1n) is 8.07. The van der Waals surface area contributed by atoms with Gasteiger partial charge in [0.25, 0.3) is 0 Å². The zero-order valence-corrected chi connectivity index (χ0v) is 14.7. The van der Waals surface area contributed by atoms with E-state index >= 15 is 0 Å². The Morgan fingerprint density at radius 2 is 1.85 bits per heavy atom. The van der Waals surface area contributed by atoms with Gasteiger partial charge in [0.2, 0.25) is 0 Å². The topological polar surface area (TPSA) is 55.0 Å². The van der Waals surface area contributed by atoms with Gasteiger partial charge in [-0.05, 0) is 35.9 Å². The number of H-pyrrole nitrogens is 1. The fourth-order valence-electron chi connectivity index (χ4n) is 3.11. The molecule has 0 unspecified atom stereocenters. The molecule has 0 radical (unpaired) electrons. The van der Waals surface area contributed by atoms with E-state index in [-0.39, 0.29) is 5.97 Å². The normalized spacial score (nSPS) is 10.8. The number of hydrogen-bond acceptors (Lipinski definition) is 3. The summed E-state index contributed by atoms with van der Waals surface area (Å²) < 4.78 is 4.93. The van der Waals surface area contributed by atoms with Crippen LogP contribution in [0.2, 0.25) is 5.02 Å². The number of carbonyl (C=O) groups is 1. The molecule has 5 heteroatoms. The second-order valence-electron chi connectivity index (χ2n) is 5.89. The molecule has 2 aromatic heterocycles. The van der Waals surface area contributed by atoms with Crippen LogP contribution in [0.5, 0.6) is 0 Å². The van der Waals surface area contributed by atoms with Crippen LogP contribution in [0.1, 0.15) is 10.4 Å². The molecular formula is C21H15ClN2O2. The molecule has 0 saturated heterocycles. The van der Waals surface area contributed by atoms with Crippen LogP contribution in [0.3, 0.4) is 0 Å². The van der Waals surface area contributed by atoms with Crippen molar-refractivity contribution in [1.82, 2.24) is 9.97 Å². The first kappa shape index (κ1) is 16.4. The Bertz CT molecular complexity index is 1120. The Balaban J connectivity index is 1.89. The summed E-state index contributed by atoms with van der Waals surface area (Å²) in [7, 11) is 1.38. The van der Waals surface area contributed by atoms with Gasteiger partial charge in [0.15, 0.2) is 0 Å². The van der Waals surface area contributed by atoms with Gasteiger partial charge < -0.3 is 9.72 Å². The summed E-state index contributed by atoms with van der Waals surface area (Å²) in [5, 5.41) is 1.50. The van der Waals surface area contributed by atoms with E-state index in [1.165, 1.54) is 7.11 Å². The van der Waals surface area contributed by atoms with Gasteiger partial charge in [0, 0.05) is 51.2 Å². The lowest BCUT2D eigenvalue weighted by Crippen LogP contribution is -2.01. The molecule has 0 atom stereocenters. The SMILES string of the molecule is COC(=O)c1cccc2[nH]cc(-c3cncc(-c4cccc(Cl)c4)c3)c12. The average Bonchev–Trinajstić information content (AvgIpc) is 3.12. The first-order valence-corrected chi connectivity index (χ1v) is 8.45. The van der Waals surface area contributed by atoms with Crippen molar-refractivity contribution in [1.29, 1.82) is 0 Å². The molecule has 4 nitrogen and oxygen atoms in total. The molecule has 0 aliphatic heterocycles. The number of benzene rings is 2. The number of pyridine rings is 1. The molecule has 0 fully saturated rings. The smallest absolute Gasteiger partial charge is 0.338 e. The molecule has 2 aromatic carbocycles. The molecule has 0 aliphatic rings. The van der Waals surface area contributed by atoms with Crippen molar-refractivity contribution in [2.45, 2.75) is 0 Å². The maximum absolute atomic E-state index is 12.2. The summed E-state index contributed by atoms with van der Waals surface area (Å²) in [5.41, 5.74) is 5.14. The molecule has 0 amide bonds. The zero-order chi connectivity index (χ0) is 18.1. The van der Waals surface area contributed by atoms with Crippen molar-refractivity contribution in [3.05, 3.63) is 77.7 Å². The Morgan fingerprint density at radius 1 is 1.04 bits per heavy atom. The quantitative estimate of drug-likeness (QED) is 0.501. The van der Waals surface area contributed by atoms with Crippen molar-refractivity contribution in [3.63, 3.8) is 0 Å². The number of fused-ring (bicyclic) bond motifs is 1. The van der Waals surface area contributed by atoms with Gasteiger partial charge in [-0.15, -0.1) is 0 Å². The molecule has 4 aromatic rings. The van der Waals surface area contributed by atoms with E-state index < -0.39 is 0 Å². The van der Waals surface area contributed by atoms with Crippen LogP contribution in [0.15, 0.2) is 67.1 Å². The minimum absolute atomic E-state index is 0.365. The number of rotatable bonds is 3. The van der Waals surface area contributed by atoms with Crippen molar-refractivity contribution in [2.75, 3.05) is 7.11 Å². The maximum Gasteiger partial charge on any atom is 0.338 e. The second-order valence-corrected chi connectivity index (χ2v) is 6.33. The predicted molar refractivity (Wildman–Crippen MR) is 103 cm³/mol. The molecule has 2 heterocycles. The number of nitrogens with zero attached hydrogens (tertiary/aromatic N) is 1. The molecule has 0 aliphatic carbocycles. The number of carbonyl (C=O) groups excluding carboxylic acids is 1. The number of esters is 1. The van der Waals surface area contributed by atoms with Gasteiger partial charge in [-0.1, -0.05) is 29.8 Å². The van der Waals surface area contributed by atoms with Gasteiger partial charge >= 0.3 is 5.97 Å². The summed E-state index contributed by atoms with van der Waals surface area (Å²) in [6, 6.07) is 15.2. The number of ether oxygens (including phenoxy) is 1. The monoisotopic (exact) mass is 362 g/mol. The second kappa shape index (κ2) is 6.65. The highest BCUT2D eigenvalue weighted by atomic mass is 35.5. The van der Waals surface area contributed by atoms with Crippen LogP contribution in [0.25, 0.3) is 33.2 Å². The van der Waals surface area contributed by atoms with Crippen molar-refractivity contribution in [3.8, 4) is 22.3 Å². The number of nitrogens with one attached hydrogen (secondary N) is 1. The van der Waals surface area contributed by atoms with E-state index in [9.17, 15) is 4.79 Å². The van der Waals surface area contributed by atoms with Crippen molar-refractivity contribution >= 4 is 28.5 Å². The summed E-state index contributed by atoms with van der Waals surface area (Å²) >= 11 is 6.11. The summed E-state index contributed by atoms with van der Waals surface area (Å²) in [6.07, 6.45) is 5.46. The zero-order valence-electron chi connectivity index (χ0n) is 14.0. The lowest BCUT2D eigenvalue weighted by molar-refractivity contribution is 0.0603. The van der Waals surface area contributed by atoms with Gasteiger partial charge in [0.1, 0.15) is 0 Å². The third kappa shape index (κ3) is 2.85. The highest BCUT2D eigenvalue weighted by Crippen LogP contribution is 2.33. The molecule has 0 saturated carbocycles. The largest absolute Gasteiger partial charge is 0.465 e. The third-order valence-electron chi connectivity index (χ3n) is 4.32. The number of hydrogen-bond donors (Lipinski definition) is 1. The summed E-state index contributed by atoms with van der Waals surface area (Å²) in [6.45, 7) is 0. The Morgan fingerprint density at radius 3 is 2.65 bits per heavy atom. The van der Waals surface area contributed by atoms with E-state index in [2.05, 4.69) is 9.97 Å². The first-order chi connectivity index (χ1) is 12.7. The van der Waals surface area contributed by atoms with Crippen molar-refractivity contribution < 1.29 is 9.53 Å².